The Balaban J connectivity index is 1.58. The van der Waals surface area contributed by atoms with Crippen LogP contribution in [-0.4, -0.2) is 23.7 Å². The van der Waals surface area contributed by atoms with E-state index in [1.807, 2.05) is 18.5 Å². The minimum absolute atomic E-state index is 0.907. The molecule has 0 fully saturated rings. The number of imidazole rings is 1. The van der Waals surface area contributed by atoms with E-state index in [9.17, 15) is 0 Å². The van der Waals surface area contributed by atoms with Gasteiger partial charge in [-0.05, 0) is 48.5 Å². The Bertz CT molecular complexity index is 2420. The average molecular weight is 552 g/mol. The quantitative estimate of drug-likeness (QED) is 0.219. The number of aromatic nitrogens is 5. The molecule has 0 N–H and O–H groups in total. The zero-order valence-electron chi connectivity index (χ0n) is 23.2. The zero-order chi connectivity index (χ0) is 28.3. The average Bonchev–Trinajstić information content (AvgIpc) is 3.73. The lowest BCUT2D eigenvalue weighted by molar-refractivity contribution is 1.09. The summed E-state index contributed by atoms with van der Waals surface area (Å²) in [6.07, 6.45) is 3.77. The van der Waals surface area contributed by atoms with Crippen LogP contribution in [0.4, 0.5) is 0 Å². The number of hydrogen-bond acceptors (Lipinski definition) is 2. The second-order valence-electron chi connectivity index (χ2n) is 10.7. The van der Waals surface area contributed by atoms with Crippen molar-refractivity contribution in [1.29, 1.82) is 0 Å². The molecule has 0 spiro atoms. The lowest BCUT2D eigenvalue weighted by Gasteiger charge is -2.12. The Kier molecular flexibility index (Phi) is 5.13. The first-order valence-corrected chi connectivity index (χ1v) is 14.4. The highest BCUT2D eigenvalue weighted by atomic mass is 15.2. The Morgan fingerprint density at radius 3 is 1.81 bits per heavy atom. The monoisotopic (exact) mass is 551 g/mol. The van der Waals surface area contributed by atoms with E-state index in [0.29, 0.717) is 0 Å². The molecule has 9 rings (SSSR count). The van der Waals surface area contributed by atoms with Crippen LogP contribution >= 0.6 is 0 Å². The summed E-state index contributed by atoms with van der Waals surface area (Å²) in [4.78, 5) is 9.96. The van der Waals surface area contributed by atoms with Crippen LogP contribution in [0.15, 0.2) is 152 Å². The molecule has 5 nitrogen and oxygen atoms in total. The SMILES string of the molecule is c1ccc(-c2nc3c(c4c(ccc5c6ccccc6n(-c6cccnc6)c54)n3-c3ccccc3)n2-c2ccccc2)cc1. The van der Waals surface area contributed by atoms with E-state index in [4.69, 9.17) is 4.98 Å². The Labute approximate surface area is 247 Å². The molecular weight excluding hydrogens is 526 g/mol. The molecule has 0 amide bonds. The second kappa shape index (κ2) is 9.29. The largest absolute Gasteiger partial charge is 0.307 e. The highest BCUT2D eigenvalue weighted by Crippen LogP contribution is 2.43. The van der Waals surface area contributed by atoms with Gasteiger partial charge >= 0.3 is 0 Å². The van der Waals surface area contributed by atoms with E-state index < -0.39 is 0 Å². The number of fused-ring (bicyclic) bond motifs is 7. The fourth-order valence-corrected chi connectivity index (χ4v) is 6.57. The van der Waals surface area contributed by atoms with E-state index in [2.05, 4.69) is 152 Å². The molecule has 4 heterocycles. The predicted molar refractivity (Wildman–Crippen MR) is 175 cm³/mol. The van der Waals surface area contributed by atoms with Crippen molar-refractivity contribution in [3.63, 3.8) is 0 Å². The summed E-state index contributed by atoms with van der Waals surface area (Å²) in [7, 11) is 0. The molecule has 5 heteroatoms. The molecule has 0 aliphatic rings. The Hall–Kier alpha value is -5.94. The van der Waals surface area contributed by atoms with Gasteiger partial charge in [0.1, 0.15) is 11.3 Å². The van der Waals surface area contributed by atoms with Crippen LogP contribution in [0.3, 0.4) is 0 Å². The van der Waals surface area contributed by atoms with Crippen molar-refractivity contribution in [2.24, 2.45) is 0 Å². The molecule has 0 saturated carbocycles. The van der Waals surface area contributed by atoms with E-state index >= 15 is 0 Å². The molecule has 5 aromatic carbocycles. The van der Waals surface area contributed by atoms with Gasteiger partial charge in [0.25, 0.3) is 0 Å². The first-order valence-electron chi connectivity index (χ1n) is 14.4. The third-order valence-corrected chi connectivity index (χ3v) is 8.33. The molecule has 0 bridgehead atoms. The highest BCUT2D eigenvalue weighted by Gasteiger charge is 2.26. The molecule has 43 heavy (non-hydrogen) atoms. The van der Waals surface area contributed by atoms with E-state index in [1.165, 1.54) is 10.8 Å². The summed E-state index contributed by atoms with van der Waals surface area (Å²) in [5.41, 5.74) is 9.61. The maximum Gasteiger partial charge on any atom is 0.165 e. The summed E-state index contributed by atoms with van der Waals surface area (Å²) < 4.78 is 7.00. The van der Waals surface area contributed by atoms with Crippen molar-refractivity contribution in [1.82, 2.24) is 23.7 Å². The van der Waals surface area contributed by atoms with E-state index in [1.54, 1.807) is 0 Å². The van der Waals surface area contributed by atoms with Crippen molar-refractivity contribution in [2.45, 2.75) is 0 Å². The topological polar surface area (TPSA) is 40.6 Å². The second-order valence-corrected chi connectivity index (χ2v) is 10.7. The fraction of sp³-hybridized carbons (Fsp3) is 0. The van der Waals surface area contributed by atoms with Gasteiger partial charge in [-0.3, -0.25) is 14.1 Å². The Morgan fingerprint density at radius 1 is 0.442 bits per heavy atom. The van der Waals surface area contributed by atoms with Gasteiger partial charge in [0.15, 0.2) is 5.65 Å². The normalized spacial score (nSPS) is 11.7. The van der Waals surface area contributed by atoms with Crippen LogP contribution < -0.4 is 0 Å². The minimum atomic E-state index is 0.907. The van der Waals surface area contributed by atoms with Crippen molar-refractivity contribution < 1.29 is 0 Å². The lowest BCUT2D eigenvalue weighted by Crippen LogP contribution is -1.99. The molecule has 0 aliphatic carbocycles. The van der Waals surface area contributed by atoms with Gasteiger partial charge in [-0.25, -0.2) is 4.98 Å². The van der Waals surface area contributed by atoms with Crippen LogP contribution in [0.1, 0.15) is 0 Å². The molecular formula is C38H25N5. The summed E-state index contributed by atoms with van der Waals surface area (Å²) in [5.74, 6) is 0.907. The number of rotatable bonds is 4. The van der Waals surface area contributed by atoms with E-state index in [0.717, 1.165) is 61.6 Å². The summed E-state index contributed by atoms with van der Waals surface area (Å²) in [6, 6.07) is 48.9. The first kappa shape index (κ1) is 23.7. The zero-order valence-corrected chi connectivity index (χ0v) is 23.2. The van der Waals surface area contributed by atoms with Gasteiger partial charge in [-0.2, -0.15) is 0 Å². The molecule has 0 atom stereocenters. The third kappa shape index (κ3) is 3.45. The van der Waals surface area contributed by atoms with Gasteiger partial charge in [-0.1, -0.05) is 91.0 Å². The maximum atomic E-state index is 5.44. The summed E-state index contributed by atoms with van der Waals surface area (Å²) in [6.45, 7) is 0. The van der Waals surface area contributed by atoms with Crippen molar-refractivity contribution in [2.75, 3.05) is 0 Å². The number of pyridine rings is 1. The molecule has 202 valence electrons. The van der Waals surface area contributed by atoms with Crippen LogP contribution in [-0.2, 0) is 0 Å². The lowest BCUT2D eigenvalue weighted by atomic mass is 10.1. The first-order chi connectivity index (χ1) is 21.4. The predicted octanol–water partition coefficient (Wildman–Crippen LogP) is 9.13. The standard InChI is InChI=1S/C38H25N5/c1-4-13-26(14-5-1)37-40-38-36(43(37)28-17-8-3-9-18-28)34-33(42(38)27-15-6-2-7-16-27)23-22-31-30-20-10-11-21-32(30)41(35(31)34)29-19-12-24-39-25-29/h1-25H. The van der Waals surface area contributed by atoms with E-state index in [-0.39, 0.29) is 0 Å². The van der Waals surface area contributed by atoms with Crippen LogP contribution in [0.2, 0.25) is 0 Å². The fourth-order valence-electron chi connectivity index (χ4n) is 6.57. The highest BCUT2D eigenvalue weighted by molar-refractivity contribution is 6.25. The van der Waals surface area contributed by atoms with Gasteiger partial charge in [0.05, 0.1) is 33.8 Å². The molecule has 9 aromatic rings. The summed E-state index contributed by atoms with van der Waals surface area (Å²) in [5, 5.41) is 3.55. The summed E-state index contributed by atoms with van der Waals surface area (Å²) >= 11 is 0. The minimum Gasteiger partial charge on any atom is -0.307 e. The number of para-hydroxylation sites is 3. The third-order valence-electron chi connectivity index (χ3n) is 8.33. The van der Waals surface area contributed by atoms with Crippen LogP contribution in [0, 0.1) is 0 Å². The van der Waals surface area contributed by atoms with Gasteiger partial charge in [0.2, 0.25) is 0 Å². The number of hydrogen-bond donors (Lipinski definition) is 0. The van der Waals surface area contributed by atoms with Crippen molar-refractivity contribution in [3.8, 4) is 28.5 Å². The molecule has 0 aliphatic heterocycles. The Morgan fingerprint density at radius 2 is 1.09 bits per heavy atom. The number of nitrogens with zero attached hydrogens (tertiary/aromatic N) is 5. The molecule has 0 unspecified atom stereocenters. The van der Waals surface area contributed by atoms with Crippen molar-refractivity contribution in [3.05, 3.63) is 152 Å². The van der Waals surface area contributed by atoms with Gasteiger partial charge in [-0.15, -0.1) is 0 Å². The van der Waals surface area contributed by atoms with Gasteiger partial charge in [0, 0.05) is 33.9 Å². The van der Waals surface area contributed by atoms with Crippen LogP contribution in [0.5, 0.6) is 0 Å². The smallest absolute Gasteiger partial charge is 0.165 e. The van der Waals surface area contributed by atoms with Crippen LogP contribution in [0.25, 0.3) is 72.3 Å². The van der Waals surface area contributed by atoms with Gasteiger partial charge < -0.3 is 4.57 Å². The number of benzene rings is 5. The van der Waals surface area contributed by atoms with Crippen molar-refractivity contribution >= 4 is 43.9 Å². The maximum absolute atomic E-state index is 5.44. The molecule has 0 radical (unpaired) electrons. The molecule has 0 saturated heterocycles. The molecule has 4 aromatic heterocycles.